The zero-order valence-electron chi connectivity index (χ0n) is 11.6. The molecule has 0 amide bonds. The Kier molecular flexibility index (Phi) is 3.69. The summed E-state index contributed by atoms with van der Waals surface area (Å²) < 4.78 is 2.31. The highest BCUT2D eigenvalue weighted by molar-refractivity contribution is 5.32. The van der Waals surface area contributed by atoms with E-state index in [1.807, 2.05) is 0 Å². The van der Waals surface area contributed by atoms with E-state index in [1.165, 1.54) is 36.1 Å². The Morgan fingerprint density at radius 1 is 1.21 bits per heavy atom. The maximum atomic E-state index is 3.73. The molecule has 1 unspecified atom stereocenters. The quantitative estimate of drug-likeness (QED) is 0.880. The third-order valence-corrected chi connectivity index (χ3v) is 4.16. The highest BCUT2D eigenvalue weighted by Gasteiger charge is 2.19. The van der Waals surface area contributed by atoms with Crippen LogP contribution in [0.15, 0.2) is 42.6 Å². The Labute approximate surface area is 115 Å². The van der Waals surface area contributed by atoms with Crippen LogP contribution in [-0.4, -0.2) is 4.57 Å². The van der Waals surface area contributed by atoms with Crippen LogP contribution in [0.1, 0.15) is 42.6 Å². The molecule has 1 aliphatic rings. The lowest BCUT2D eigenvalue weighted by Crippen LogP contribution is -2.25. The molecule has 1 atom stereocenters. The molecule has 2 aromatic rings. The van der Waals surface area contributed by atoms with Crippen molar-refractivity contribution in [3.8, 4) is 0 Å². The summed E-state index contributed by atoms with van der Waals surface area (Å²) in [6, 6.07) is 13.7. The average Bonchev–Trinajstić information content (AvgIpc) is 2.92. The Bertz CT molecular complexity index is 542. The van der Waals surface area contributed by atoms with Crippen molar-refractivity contribution < 1.29 is 0 Å². The number of aromatic nitrogens is 1. The molecule has 0 spiro atoms. The Morgan fingerprint density at radius 2 is 2.11 bits per heavy atom. The van der Waals surface area contributed by atoms with Gasteiger partial charge in [-0.15, -0.1) is 0 Å². The molecular formula is C17H22N2. The van der Waals surface area contributed by atoms with Crippen molar-refractivity contribution in [3.63, 3.8) is 0 Å². The van der Waals surface area contributed by atoms with Gasteiger partial charge in [-0.05, 0) is 49.4 Å². The molecule has 0 fully saturated rings. The molecule has 2 heteroatoms. The standard InChI is InChI=1S/C17H22N2/c1-2-19-12-6-9-15(19)13-18-17-11-5-8-14-7-3-4-10-16(14)17/h3-4,6-7,9-10,12,17-18H,2,5,8,11,13H2,1H3. The van der Waals surface area contributed by atoms with Crippen LogP contribution in [0.3, 0.4) is 0 Å². The second-order valence-electron chi connectivity index (χ2n) is 5.31. The molecule has 0 aliphatic heterocycles. The van der Waals surface area contributed by atoms with Gasteiger partial charge < -0.3 is 9.88 Å². The molecule has 1 aromatic carbocycles. The number of nitrogens with one attached hydrogen (secondary N) is 1. The second kappa shape index (κ2) is 5.62. The van der Waals surface area contributed by atoms with Crippen molar-refractivity contribution >= 4 is 0 Å². The topological polar surface area (TPSA) is 17.0 Å². The molecule has 19 heavy (non-hydrogen) atoms. The third kappa shape index (κ3) is 2.59. The third-order valence-electron chi connectivity index (χ3n) is 4.16. The molecule has 1 heterocycles. The highest BCUT2D eigenvalue weighted by Crippen LogP contribution is 2.29. The number of benzene rings is 1. The fourth-order valence-corrected chi connectivity index (χ4v) is 3.11. The van der Waals surface area contributed by atoms with Crippen molar-refractivity contribution in [2.24, 2.45) is 0 Å². The molecule has 0 saturated carbocycles. The fourth-order valence-electron chi connectivity index (χ4n) is 3.11. The normalized spacial score (nSPS) is 18.3. The van der Waals surface area contributed by atoms with Gasteiger partial charge in [-0.3, -0.25) is 0 Å². The van der Waals surface area contributed by atoms with Gasteiger partial charge in [0, 0.05) is 31.0 Å². The zero-order valence-corrected chi connectivity index (χ0v) is 11.6. The number of rotatable bonds is 4. The lowest BCUT2D eigenvalue weighted by Gasteiger charge is -2.26. The van der Waals surface area contributed by atoms with Gasteiger partial charge in [-0.25, -0.2) is 0 Å². The van der Waals surface area contributed by atoms with E-state index in [2.05, 4.69) is 59.4 Å². The van der Waals surface area contributed by atoms with Gasteiger partial charge in [0.2, 0.25) is 0 Å². The lowest BCUT2D eigenvalue weighted by molar-refractivity contribution is 0.451. The SMILES string of the molecule is CCn1cccc1CNC1CCCc2ccccc21. The van der Waals surface area contributed by atoms with Crippen LogP contribution in [0.25, 0.3) is 0 Å². The van der Waals surface area contributed by atoms with Gasteiger partial charge in [0.25, 0.3) is 0 Å². The predicted molar refractivity (Wildman–Crippen MR) is 79.1 cm³/mol. The Morgan fingerprint density at radius 3 is 3.00 bits per heavy atom. The number of nitrogens with zero attached hydrogens (tertiary/aromatic N) is 1. The number of hydrogen-bond acceptors (Lipinski definition) is 1. The summed E-state index contributed by atoms with van der Waals surface area (Å²) in [5.41, 5.74) is 4.41. The van der Waals surface area contributed by atoms with Gasteiger partial charge in [0.15, 0.2) is 0 Å². The van der Waals surface area contributed by atoms with Crippen molar-refractivity contribution in [1.82, 2.24) is 9.88 Å². The van der Waals surface area contributed by atoms with E-state index >= 15 is 0 Å². The van der Waals surface area contributed by atoms with Crippen LogP contribution in [0, 0.1) is 0 Å². The Hall–Kier alpha value is -1.54. The Balaban J connectivity index is 1.71. The molecule has 1 N–H and O–H groups in total. The predicted octanol–water partition coefficient (Wildman–Crippen LogP) is 3.68. The summed E-state index contributed by atoms with van der Waals surface area (Å²) >= 11 is 0. The van der Waals surface area contributed by atoms with Gasteiger partial charge in [0.05, 0.1) is 0 Å². The highest BCUT2D eigenvalue weighted by atomic mass is 15.0. The maximum Gasteiger partial charge on any atom is 0.0364 e. The summed E-state index contributed by atoms with van der Waals surface area (Å²) in [6.45, 7) is 4.20. The van der Waals surface area contributed by atoms with Crippen molar-refractivity contribution in [2.75, 3.05) is 0 Å². The van der Waals surface area contributed by atoms with E-state index < -0.39 is 0 Å². The number of hydrogen-bond donors (Lipinski definition) is 1. The molecule has 1 aliphatic carbocycles. The first-order chi connectivity index (χ1) is 9.38. The first kappa shape index (κ1) is 12.5. The lowest BCUT2D eigenvalue weighted by atomic mass is 9.88. The van der Waals surface area contributed by atoms with Crippen LogP contribution in [0.4, 0.5) is 0 Å². The molecule has 0 radical (unpaired) electrons. The van der Waals surface area contributed by atoms with E-state index in [0.29, 0.717) is 6.04 Å². The van der Waals surface area contributed by atoms with E-state index in [0.717, 1.165) is 13.1 Å². The van der Waals surface area contributed by atoms with Gasteiger partial charge >= 0.3 is 0 Å². The summed E-state index contributed by atoms with van der Waals surface area (Å²) in [5, 5.41) is 3.73. The van der Waals surface area contributed by atoms with Gasteiger partial charge in [0.1, 0.15) is 0 Å². The van der Waals surface area contributed by atoms with Crippen molar-refractivity contribution in [1.29, 1.82) is 0 Å². The van der Waals surface area contributed by atoms with Gasteiger partial charge in [-0.1, -0.05) is 24.3 Å². The van der Waals surface area contributed by atoms with E-state index in [9.17, 15) is 0 Å². The zero-order chi connectivity index (χ0) is 13.1. The van der Waals surface area contributed by atoms with E-state index in [4.69, 9.17) is 0 Å². The molecule has 3 rings (SSSR count). The minimum atomic E-state index is 0.519. The largest absolute Gasteiger partial charge is 0.351 e. The van der Waals surface area contributed by atoms with Crippen LogP contribution in [0.2, 0.25) is 0 Å². The van der Waals surface area contributed by atoms with E-state index in [1.54, 1.807) is 0 Å². The minimum absolute atomic E-state index is 0.519. The fraction of sp³-hybridized carbons (Fsp3) is 0.412. The number of aryl methyl sites for hydroxylation is 2. The summed E-state index contributed by atoms with van der Waals surface area (Å²) in [6.07, 6.45) is 5.94. The molecule has 0 bridgehead atoms. The van der Waals surface area contributed by atoms with E-state index in [-0.39, 0.29) is 0 Å². The second-order valence-corrected chi connectivity index (χ2v) is 5.31. The van der Waals surface area contributed by atoms with Crippen molar-refractivity contribution in [2.45, 2.75) is 45.3 Å². The molecule has 2 nitrogen and oxygen atoms in total. The van der Waals surface area contributed by atoms with Crippen LogP contribution in [0.5, 0.6) is 0 Å². The van der Waals surface area contributed by atoms with Gasteiger partial charge in [-0.2, -0.15) is 0 Å². The maximum absolute atomic E-state index is 3.73. The molecular weight excluding hydrogens is 232 g/mol. The first-order valence-corrected chi connectivity index (χ1v) is 7.33. The minimum Gasteiger partial charge on any atom is -0.351 e. The van der Waals surface area contributed by atoms with Crippen LogP contribution < -0.4 is 5.32 Å². The average molecular weight is 254 g/mol. The number of fused-ring (bicyclic) bond motifs is 1. The first-order valence-electron chi connectivity index (χ1n) is 7.33. The van der Waals surface area contributed by atoms with Crippen LogP contribution >= 0.6 is 0 Å². The van der Waals surface area contributed by atoms with Crippen LogP contribution in [-0.2, 0) is 19.5 Å². The molecule has 100 valence electrons. The molecule has 1 aromatic heterocycles. The summed E-state index contributed by atoms with van der Waals surface area (Å²) in [4.78, 5) is 0. The van der Waals surface area contributed by atoms with Crippen molar-refractivity contribution in [3.05, 3.63) is 59.4 Å². The smallest absolute Gasteiger partial charge is 0.0364 e. The summed E-state index contributed by atoms with van der Waals surface area (Å²) in [7, 11) is 0. The monoisotopic (exact) mass is 254 g/mol. The summed E-state index contributed by atoms with van der Waals surface area (Å²) in [5.74, 6) is 0. The molecule has 0 saturated heterocycles.